The minimum Gasteiger partial charge on any atom is -0.369 e. The van der Waals surface area contributed by atoms with Crippen LogP contribution >= 0.6 is 23.2 Å². The van der Waals surface area contributed by atoms with Crippen molar-refractivity contribution in [2.24, 2.45) is 16.6 Å². The SMILES string of the molecule is CN1C(=O)C[C@@](C)(C2CCCN(C(=O)NCc3ccc(Cl)c(Cl)c3)C2)N=C1N. The van der Waals surface area contributed by atoms with Crippen LogP contribution in [0.2, 0.25) is 10.0 Å². The van der Waals surface area contributed by atoms with Gasteiger partial charge in [0.1, 0.15) is 0 Å². The van der Waals surface area contributed by atoms with Gasteiger partial charge in [-0.3, -0.25) is 9.69 Å². The van der Waals surface area contributed by atoms with Gasteiger partial charge in [-0.2, -0.15) is 0 Å². The van der Waals surface area contributed by atoms with E-state index in [0.717, 1.165) is 18.4 Å². The number of hydrogen-bond donors (Lipinski definition) is 2. The summed E-state index contributed by atoms with van der Waals surface area (Å²) in [6.45, 7) is 3.53. The van der Waals surface area contributed by atoms with E-state index in [9.17, 15) is 9.59 Å². The van der Waals surface area contributed by atoms with Crippen LogP contribution in [0.25, 0.3) is 0 Å². The minimum atomic E-state index is -0.587. The van der Waals surface area contributed by atoms with E-state index in [0.29, 0.717) is 36.1 Å². The molecule has 1 aromatic rings. The maximum absolute atomic E-state index is 12.7. The van der Waals surface area contributed by atoms with Crippen molar-refractivity contribution in [1.82, 2.24) is 15.1 Å². The zero-order chi connectivity index (χ0) is 20.5. The van der Waals surface area contributed by atoms with Crippen LogP contribution in [0.3, 0.4) is 0 Å². The molecule has 0 bridgehead atoms. The van der Waals surface area contributed by atoms with Crippen LogP contribution < -0.4 is 11.1 Å². The zero-order valence-electron chi connectivity index (χ0n) is 16.0. The molecule has 0 radical (unpaired) electrons. The second-order valence-corrected chi connectivity index (χ2v) is 8.46. The number of aliphatic imine (C=N–C) groups is 1. The standard InChI is InChI=1S/C19H25Cl2N5O2/c1-19(9-16(27)25(2)17(22)24-19)13-4-3-7-26(11-13)18(28)23-10-12-5-6-14(20)15(21)8-12/h5-6,8,13H,3-4,7,9-11H2,1-2H3,(H2,22,24)(H,23,28)/t13?,19-/m0/s1. The molecule has 7 nitrogen and oxygen atoms in total. The Kier molecular flexibility index (Phi) is 6.05. The Bertz CT molecular complexity index is 816. The van der Waals surface area contributed by atoms with E-state index < -0.39 is 5.54 Å². The van der Waals surface area contributed by atoms with Crippen LogP contribution in [0.5, 0.6) is 0 Å². The molecule has 28 heavy (non-hydrogen) atoms. The molecule has 0 aliphatic carbocycles. The summed E-state index contributed by atoms with van der Waals surface area (Å²) in [5, 5.41) is 3.87. The molecule has 2 atom stereocenters. The molecular formula is C19H25Cl2N5O2. The smallest absolute Gasteiger partial charge is 0.317 e. The Balaban J connectivity index is 1.63. The van der Waals surface area contributed by atoms with Crippen LogP contribution in [0, 0.1) is 5.92 Å². The van der Waals surface area contributed by atoms with Crippen molar-refractivity contribution in [2.45, 2.75) is 38.3 Å². The molecule has 2 aliphatic rings. The van der Waals surface area contributed by atoms with Crippen LogP contribution in [-0.4, -0.2) is 53.4 Å². The highest BCUT2D eigenvalue weighted by Gasteiger charge is 2.43. The first-order valence-electron chi connectivity index (χ1n) is 9.28. The predicted octanol–water partition coefficient (Wildman–Crippen LogP) is 2.85. The number of likely N-dealkylation sites (tertiary alicyclic amines) is 1. The maximum atomic E-state index is 12.7. The van der Waals surface area contributed by atoms with E-state index >= 15 is 0 Å². The average molecular weight is 426 g/mol. The number of piperidine rings is 1. The van der Waals surface area contributed by atoms with Gasteiger partial charge in [-0.05, 0) is 37.5 Å². The Morgan fingerprint density at radius 2 is 2.14 bits per heavy atom. The molecule has 0 spiro atoms. The number of guanidine groups is 1. The number of amides is 3. The number of urea groups is 1. The third-order valence-corrected chi connectivity index (χ3v) is 6.35. The number of benzene rings is 1. The van der Waals surface area contributed by atoms with Crippen LogP contribution in [0.15, 0.2) is 23.2 Å². The average Bonchev–Trinajstić information content (AvgIpc) is 2.67. The Hall–Kier alpha value is -1.99. The van der Waals surface area contributed by atoms with Crippen molar-refractivity contribution >= 4 is 41.1 Å². The summed E-state index contributed by atoms with van der Waals surface area (Å²) in [7, 11) is 1.63. The normalized spacial score (nSPS) is 25.5. The molecule has 3 rings (SSSR count). The highest BCUT2D eigenvalue weighted by molar-refractivity contribution is 6.42. The number of nitrogens with two attached hydrogens (primary N) is 1. The molecule has 0 saturated carbocycles. The molecule has 0 aromatic heterocycles. The largest absolute Gasteiger partial charge is 0.369 e. The lowest BCUT2D eigenvalue weighted by molar-refractivity contribution is -0.129. The van der Waals surface area contributed by atoms with Gasteiger partial charge in [-0.1, -0.05) is 29.3 Å². The summed E-state index contributed by atoms with van der Waals surface area (Å²) in [4.78, 5) is 32.7. The van der Waals surface area contributed by atoms with E-state index in [-0.39, 0.29) is 23.8 Å². The number of rotatable bonds is 3. The number of carbonyl (C=O) groups excluding carboxylic acids is 2. The first-order chi connectivity index (χ1) is 13.2. The fourth-order valence-corrected chi connectivity index (χ4v) is 4.09. The van der Waals surface area contributed by atoms with E-state index in [1.54, 1.807) is 24.1 Å². The van der Waals surface area contributed by atoms with Crippen molar-refractivity contribution in [3.05, 3.63) is 33.8 Å². The molecule has 1 unspecified atom stereocenters. The molecule has 1 saturated heterocycles. The summed E-state index contributed by atoms with van der Waals surface area (Å²) >= 11 is 11.9. The highest BCUT2D eigenvalue weighted by atomic mass is 35.5. The summed E-state index contributed by atoms with van der Waals surface area (Å²) < 4.78 is 0. The van der Waals surface area contributed by atoms with Gasteiger partial charge in [0.25, 0.3) is 0 Å². The molecular weight excluding hydrogens is 401 g/mol. The van der Waals surface area contributed by atoms with Crippen LogP contribution in [-0.2, 0) is 11.3 Å². The van der Waals surface area contributed by atoms with E-state index in [2.05, 4.69) is 10.3 Å². The number of hydrogen-bond acceptors (Lipinski definition) is 4. The lowest BCUT2D eigenvalue weighted by atomic mass is 9.77. The number of nitrogens with one attached hydrogen (secondary N) is 1. The fraction of sp³-hybridized carbons (Fsp3) is 0.526. The topological polar surface area (TPSA) is 91.0 Å². The Morgan fingerprint density at radius 3 is 2.82 bits per heavy atom. The Labute approximate surface area is 174 Å². The minimum absolute atomic E-state index is 0.0452. The molecule has 152 valence electrons. The molecule has 2 heterocycles. The van der Waals surface area contributed by atoms with Crippen molar-refractivity contribution in [1.29, 1.82) is 0 Å². The van der Waals surface area contributed by atoms with E-state index in [1.807, 2.05) is 13.0 Å². The van der Waals surface area contributed by atoms with Crippen molar-refractivity contribution in [3.8, 4) is 0 Å². The second-order valence-electron chi connectivity index (χ2n) is 7.65. The fourth-order valence-electron chi connectivity index (χ4n) is 3.77. The highest BCUT2D eigenvalue weighted by Crippen LogP contribution is 2.35. The lowest BCUT2D eigenvalue weighted by Gasteiger charge is -2.43. The number of halogens is 2. The van der Waals surface area contributed by atoms with Gasteiger partial charge in [0.2, 0.25) is 5.91 Å². The Morgan fingerprint density at radius 1 is 1.39 bits per heavy atom. The number of nitrogens with zero attached hydrogens (tertiary/aromatic N) is 3. The summed E-state index contributed by atoms with van der Waals surface area (Å²) in [5.74, 6) is 0.268. The van der Waals surface area contributed by atoms with Gasteiger partial charge >= 0.3 is 6.03 Å². The van der Waals surface area contributed by atoms with E-state index in [4.69, 9.17) is 28.9 Å². The number of carbonyl (C=O) groups is 2. The quantitative estimate of drug-likeness (QED) is 0.779. The molecule has 1 fully saturated rings. The summed E-state index contributed by atoms with van der Waals surface area (Å²) in [6.07, 6.45) is 2.06. The van der Waals surface area contributed by atoms with Gasteiger partial charge in [0, 0.05) is 32.6 Å². The zero-order valence-corrected chi connectivity index (χ0v) is 17.6. The molecule has 9 heteroatoms. The monoisotopic (exact) mass is 425 g/mol. The second kappa shape index (κ2) is 8.17. The molecule has 3 amide bonds. The summed E-state index contributed by atoms with van der Waals surface area (Å²) in [6, 6.07) is 5.14. The third-order valence-electron chi connectivity index (χ3n) is 5.61. The van der Waals surface area contributed by atoms with Gasteiger partial charge < -0.3 is 16.0 Å². The van der Waals surface area contributed by atoms with E-state index in [1.165, 1.54) is 4.90 Å². The lowest BCUT2D eigenvalue weighted by Crippen LogP contribution is -2.55. The van der Waals surface area contributed by atoms with Crippen molar-refractivity contribution in [3.63, 3.8) is 0 Å². The van der Waals surface area contributed by atoms with Crippen molar-refractivity contribution in [2.75, 3.05) is 20.1 Å². The first kappa shape index (κ1) is 20.7. The van der Waals surface area contributed by atoms with Gasteiger partial charge in [0.05, 0.1) is 22.0 Å². The predicted molar refractivity (Wildman–Crippen MR) is 110 cm³/mol. The molecule has 3 N–H and O–H groups in total. The van der Waals surface area contributed by atoms with Crippen LogP contribution in [0.4, 0.5) is 4.79 Å². The molecule has 2 aliphatic heterocycles. The van der Waals surface area contributed by atoms with Crippen molar-refractivity contribution < 1.29 is 9.59 Å². The van der Waals surface area contributed by atoms with Gasteiger partial charge in [-0.15, -0.1) is 0 Å². The van der Waals surface area contributed by atoms with Gasteiger partial charge in [0.15, 0.2) is 5.96 Å². The van der Waals surface area contributed by atoms with Gasteiger partial charge in [-0.25, -0.2) is 9.79 Å². The molecule has 1 aromatic carbocycles. The first-order valence-corrected chi connectivity index (χ1v) is 10.0. The third kappa shape index (κ3) is 4.36. The van der Waals surface area contributed by atoms with Crippen LogP contribution in [0.1, 0.15) is 31.7 Å². The maximum Gasteiger partial charge on any atom is 0.317 e. The summed E-state index contributed by atoms with van der Waals surface area (Å²) in [5.41, 5.74) is 6.21.